The molecule has 0 N–H and O–H groups in total. The molecule has 2 rings (SSSR count). The SMILES string of the molecule is CCN(Cc1ccc(OC)c(F)c1)C(=O)COc1ccc(C)cc1[N+](=O)[O-]. The van der Waals surface area contributed by atoms with Gasteiger partial charge >= 0.3 is 5.69 Å². The van der Waals surface area contributed by atoms with Gasteiger partial charge in [-0.25, -0.2) is 4.39 Å². The average molecular weight is 376 g/mol. The summed E-state index contributed by atoms with van der Waals surface area (Å²) < 4.78 is 24.1. The van der Waals surface area contributed by atoms with Crippen LogP contribution in [0.25, 0.3) is 0 Å². The van der Waals surface area contributed by atoms with Crippen molar-refractivity contribution >= 4 is 11.6 Å². The minimum atomic E-state index is -0.551. The molecule has 0 saturated carbocycles. The van der Waals surface area contributed by atoms with Crippen LogP contribution in [0, 0.1) is 22.9 Å². The second kappa shape index (κ2) is 8.98. The van der Waals surface area contributed by atoms with Gasteiger partial charge in [0, 0.05) is 19.2 Å². The topological polar surface area (TPSA) is 81.9 Å². The Kier molecular flexibility index (Phi) is 6.70. The number of nitro groups is 1. The third kappa shape index (κ3) is 5.16. The van der Waals surface area contributed by atoms with Gasteiger partial charge in [0.2, 0.25) is 0 Å². The number of halogens is 1. The Bertz CT molecular complexity index is 841. The van der Waals surface area contributed by atoms with Gasteiger partial charge in [-0.3, -0.25) is 14.9 Å². The van der Waals surface area contributed by atoms with Gasteiger partial charge in [0.05, 0.1) is 12.0 Å². The van der Waals surface area contributed by atoms with E-state index < -0.39 is 10.7 Å². The first-order valence-electron chi connectivity index (χ1n) is 8.33. The number of carbonyl (C=O) groups is 1. The zero-order valence-corrected chi connectivity index (χ0v) is 15.4. The van der Waals surface area contributed by atoms with Crippen LogP contribution in [-0.2, 0) is 11.3 Å². The summed E-state index contributed by atoms with van der Waals surface area (Å²) in [6.07, 6.45) is 0. The van der Waals surface area contributed by atoms with Crippen LogP contribution >= 0.6 is 0 Å². The van der Waals surface area contributed by atoms with Gasteiger partial charge in [0.1, 0.15) is 0 Å². The minimum absolute atomic E-state index is 0.0329. The number of benzene rings is 2. The van der Waals surface area contributed by atoms with E-state index in [0.717, 1.165) is 5.56 Å². The predicted molar refractivity (Wildman–Crippen MR) is 97.4 cm³/mol. The second-order valence-corrected chi connectivity index (χ2v) is 5.89. The van der Waals surface area contributed by atoms with Gasteiger partial charge in [-0.15, -0.1) is 0 Å². The first kappa shape index (κ1) is 20.2. The molecule has 0 fully saturated rings. The van der Waals surface area contributed by atoms with E-state index >= 15 is 0 Å². The molecule has 2 aromatic rings. The normalized spacial score (nSPS) is 10.4. The Morgan fingerprint density at radius 2 is 1.93 bits per heavy atom. The van der Waals surface area contributed by atoms with Crippen molar-refractivity contribution in [3.8, 4) is 11.5 Å². The van der Waals surface area contributed by atoms with Crippen LogP contribution in [0.15, 0.2) is 36.4 Å². The van der Waals surface area contributed by atoms with Gasteiger partial charge in [0.15, 0.2) is 23.9 Å². The molecule has 0 spiro atoms. The first-order chi connectivity index (χ1) is 12.8. The first-order valence-corrected chi connectivity index (χ1v) is 8.33. The zero-order chi connectivity index (χ0) is 20.0. The van der Waals surface area contributed by atoms with Crippen molar-refractivity contribution in [2.24, 2.45) is 0 Å². The highest BCUT2D eigenvalue weighted by molar-refractivity contribution is 5.78. The molecule has 0 saturated heterocycles. The standard InChI is InChI=1S/C19H21FN2O5/c1-4-21(11-14-6-8-17(26-3)15(20)10-14)19(23)12-27-18-7-5-13(2)9-16(18)22(24)25/h5-10H,4,11-12H2,1-3H3. The molecular weight excluding hydrogens is 355 g/mol. The van der Waals surface area contributed by atoms with Gasteiger partial charge < -0.3 is 14.4 Å². The number of nitro benzene ring substituents is 1. The Morgan fingerprint density at radius 3 is 2.52 bits per heavy atom. The molecule has 0 aromatic heterocycles. The van der Waals surface area contributed by atoms with E-state index in [1.807, 2.05) is 0 Å². The maximum Gasteiger partial charge on any atom is 0.311 e. The fourth-order valence-electron chi connectivity index (χ4n) is 2.53. The monoisotopic (exact) mass is 376 g/mol. The van der Waals surface area contributed by atoms with Crippen LogP contribution < -0.4 is 9.47 Å². The van der Waals surface area contributed by atoms with Gasteiger partial charge in [-0.05, 0) is 43.2 Å². The molecule has 0 atom stereocenters. The smallest absolute Gasteiger partial charge is 0.311 e. The average Bonchev–Trinajstić information content (AvgIpc) is 2.64. The van der Waals surface area contributed by atoms with Crippen molar-refractivity contribution in [2.75, 3.05) is 20.3 Å². The largest absolute Gasteiger partial charge is 0.494 e. The number of likely N-dealkylation sites (N-methyl/N-ethyl adjacent to an activating group) is 1. The van der Waals surface area contributed by atoms with Crippen molar-refractivity contribution in [2.45, 2.75) is 20.4 Å². The number of amides is 1. The van der Waals surface area contributed by atoms with E-state index in [9.17, 15) is 19.3 Å². The Morgan fingerprint density at radius 1 is 1.22 bits per heavy atom. The van der Waals surface area contributed by atoms with E-state index in [1.165, 1.54) is 36.3 Å². The summed E-state index contributed by atoms with van der Waals surface area (Å²) in [5.41, 5.74) is 1.13. The lowest BCUT2D eigenvalue weighted by atomic mass is 10.2. The molecule has 1 amide bonds. The summed E-state index contributed by atoms with van der Waals surface area (Å²) in [6, 6.07) is 9.00. The van der Waals surface area contributed by atoms with Crippen LogP contribution in [0.3, 0.4) is 0 Å². The lowest BCUT2D eigenvalue weighted by Gasteiger charge is -2.21. The lowest BCUT2D eigenvalue weighted by Crippen LogP contribution is -2.34. The number of ether oxygens (including phenoxy) is 2. The van der Waals surface area contributed by atoms with Crippen molar-refractivity contribution in [3.05, 3.63) is 63.5 Å². The Labute approximate surface area is 156 Å². The number of hydrogen-bond acceptors (Lipinski definition) is 5. The van der Waals surface area contributed by atoms with E-state index in [4.69, 9.17) is 9.47 Å². The molecule has 144 valence electrons. The molecule has 0 unspecified atom stereocenters. The van der Waals surface area contributed by atoms with E-state index in [2.05, 4.69) is 0 Å². The third-order valence-corrected chi connectivity index (χ3v) is 3.99. The number of methoxy groups -OCH3 is 1. The minimum Gasteiger partial charge on any atom is -0.494 e. The lowest BCUT2D eigenvalue weighted by molar-refractivity contribution is -0.385. The van der Waals surface area contributed by atoms with Crippen LogP contribution in [0.1, 0.15) is 18.1 Å². The fraction of sp³-hybridized carbons (Fsp3) is 0.316. The predicted octanol–water partition coefficient (Wildman–Crippen LogP) is 3.48. The van der Waals surface area contributed by atoms with Crippen molar-refractivity contribution in [3.63, 3.8) is 0 Å². The summed E-state index contributed by atoms with van der Waals surface area (Å²) in [5.74, 6) is -0.706. The number of aryl methyl sites for hydroxylation is 1. The number of rotatable bonds is 8. The summed E-state index contributed by atoms with van der Waals surface area (Å²) in [7, 11) is 1.38. The van der Waals surface area contributed by atoms with Gasteiger partial charge in [-0.2, -0.15) is 0 Å². The maximum absolute atomic E-state index is 13.8. The number of carbonyl (C=O) groups excluding carboxylic acids is 1. The van der Waals surface area contributed by atoms with E-state index in [0.29, 0.717) is 12.1 Å². The van der Waals surface area contributed by atoms with Crippen LogP contribution in [0.2, 0.25) is 0 Å². The van der Waals surface area contributed by atoms with E-state index in [1.54, 1.807) is 26.0 Å². The number of nitrogens with zero attached hydrogens (tertiary/aromatic N) is 2. The van der Waals surface area contributed by atoms with Crippen molar-refractivity contribution in [1.82, 2.24) is 4.90 Å². The quantitative estimate of drug-likeness (QED) is 0.520. The molecule has 8 heteroatoms. The summed E-state index contributed by atoms with van der Waals surface area (Å²) in [5, 5.41) is 11.1. The highest BCUT2D eigenvalue weighted by atomic mass is 19.1. The molecule has 2 aromatic carbocycles. The van der Waals surface area contributed by atoms with Crippen molar-refractivity contribution in [1.29, 1.82) is 0 Å². The summed E-state index contributed by atoms with van der Waals surface area (Å²) in [4.78, 5) is 24.5. The molecule has 7 nitrogen and oxygen atoms in total. The van der Waals surface area contributed by atoms with E-state index in [-0.39, 0.29) is 36.2 Å². The van der Waals surface area contributed by atoms with Crippen LogP contribution in [-0.4, -0.2) is 36.0 Å². The van der Waals surface area contributed by atoms with Crippen LogP contribution in [0.5, 0.6) is 11.5 Å². The van der Waals surface area contributed by atoms with Gasteiger partial charge in [-0.1, -0.05) is 12.1 Å². The Balaban J connectivity index is 2.05. The molecule has 0 aliphatic rings. The zero-order valence-electron chi connectivity index (χ0n) is 15.4. The number of hydrogen-bond donors (Lipinski definition) is 0. The van der Waals surface area contributed by atoms with Gasteiger partial charge in [0.25, 0.3) is 5.91 Å². The molecule has 0 aliphatic heterocycles. The summed E-state index contributed by atoms with van der Waals surface area (Å²) >= 11 is 0. The highest BCUT2D eigenvalue weighted by Gasteiger charge is 2.19. The highest BCUT2D eigenvalue weighted by Crippen LogP contribution is 2.27. The molecular formula is C19H21FN2O5. The molecule has 0 bridgehead atoms. The maximum atomic E-state index is 13.8. The molecule has 0 aliphatic carbocycles. The van der Waals surface area contributed by atoms with Crippen molar-refractivity contribution < 1.29 is 23.6 Å². The molecule has 0 radical (unpaired) electrons. The third-order valence-electron chi connectivity index (χ3n) is 3.99. The van der Waals surface area contributed by atoms with Crippen LogP contribution in [0.4, 0.5) is 10.1 Å². The fourth-order valence-corrected chi connectivity index (χ4v) is 2.53. The summed E-state index contributed by atoms with van der Waals surface area (Å²) in [6.45, 7) is 3.73. The molecule has 27 heavy (non-hydrogen) atoms. The molecule has 0 heterocycles. The Hall–Kier alpha value is -3.16. The second-order valence-electron chi connectivity index (χ2n) is 5.89.